The number of nitrogens with zero attached hydrogens (tertiary/aromatic N) is 1. The summed E-state index contributed by atoms with van der Waals surface area (Å²) in [5.41, 5.74) is 0.972. The van der Waals surface area contributed by atoms with Gasteiger partial charge in [0.25, 0.3) is 0 Å². The molecule has 1 saturated heterocycles. The molecule has 1 aliphatic heterocycles. The van der Waals surface area contributed by atoms with Gasteiger partial charge in [0.05, 0.1) is 25.3 Å². The summed E-state index contributed by atoms with van der Waals surface area (Å²) in [7, 11) is 1.63. The SMILES string of the molecule is COc1ccccc1C(C)NC(=O)C(C)N1CCC(O)CC1. The second-order valence-electron chi connectivity index (χ2n) is 5.92. The summed E-state index contributed by atoms with van der Waals surface area (Å²) in [5, 5.41) is 12.6. The van der Waals surface area contributed by atoms with E-state index in [-0.39, 0.29) is 24.1 Å². The number of piperidine rings is 1. The number of methoxy groups -OCH3 is 1. The Bertz CT molecular complexity index is 498. The molecule has 1 aromatic carbocycles. The van der Waals surface area contributed by atoms with Crippen molar-refractivity contribution in [1.29, 1.82) is 0 Å². The van der Waals surface area contributed by atoms with Gasteiger partial charge in [0, 0.05) is 18.7 Å². The highest BCUT2D eigenvalue weighted by Gasteiger charge is 2.26. The standard InChI is InChI=1S/C17H26N2O3/c1-12(15-6-4-5-7-16(15)22-3)18-17(21)13(2)19-10-8-14(20)9-11-19/h4-7,12-14,20H,8-11H2,1-3H3,(H,18,21). The van der Waals surface area contributed by atoms with E-state index in [4.69, 9.17) is 4.74 Å². The minimum absolute atomic E-state index is 0.00907. The zero-order valence-electron chi connectivity index (χ0n) is 13.6. The van der Waals surface area contributed by atoms with Gasteiger partial charge in [-0.15, -0.1) is 0 Å². The number of benzene rings is 1. The smallest absolute Gasteiger partial charge is 0.237 e. The van der Waals surface area contributed by atoms with Gasteiger partial charge in [-0.1, -0.05) is 18.2 Å². The Morgan fingerprint density at radius 1 is 1.32 bits per heavy atom. The van der Waals surface area contributed by atoms with Gasteiger partial charge in [-0.2, -0.15) is 0 Å². The summed E-state index contributed by atoms with van der Waals surface area (Å²) in [5.74, 6) is 0.791. The molecular weight excluding hydrogens is 280 g/mol. The number of amides is 1. The molecule has 5 nitrogen and oxygen atoms in total. The van der Waals surface area contributed by atoms with Crippen LogP contribution in [0.15, 0.2) is 24.3 Å². The van der Waals surface area contributed by atoms with Crippen LogP contribution in [-0.2, 0) is 4.79 Å². The number of aliphatic hydroxyl groups excluding tert-OH is 1. The second kappa shape index (κ2) is 7.61. The Kier molecular flexibility index (Phi) is 5.80. The summed E-state index contributed by atoms with van der Waals surface area (Å²) in [4.78, 5) is 14.6. The average molecular weight is 306 g/mol. The maximum Gasteiger partial charge on any atom is 0.237 e. The maximum absolute atomic E-state index is 12.5. The topological polar surface area (TPSA) is 61.8 Å². The van der Waals surface area contributed by atoms with Gasteiger partial charge in [-0.3, -0.25) is 9.69 Å². The zero-order valence-corrected chi connectivity index (χ0v) is 13.6. The molecule has 1 aromatic rings. The predicted molar refractivity (Wildman–Crippen MR) is 85.8 cm³/mol. The van der Waals surface area contributed by atoms with Crippen molar-refractivity contribution in [2.75, 3.05) is 20.2 Å². The first-order chi connectivity index (χ1) is 10.5. The first-order valence-corrected chi connectivity index (χ1v) is 7.88. The van der Waals surface area contributed by atoms with Crippen LogP contribution in [0.1, 0.15) is 38.3 Å². The molecule has 2 atom stereocenters. The normalized spacial score (nSPS) is 19.5. The quantitative estimate of drug-likeness (QED) is 0.869. The molecule has 1 fully saturated rings. The van der Waals surface area contributed by atoms with Crippen molar-refractivity contribution in [2.24, 2.45) is 0 Å². The third-order valence-electron chi connectivity index (χ3n) is 4.39. The van der Waals surface area contributed by atoms with Crippen LogP contribution in [0.2, 0.25) is 0 Å². The molecule has 1 amide bonds. The summed E-state index contributed by atoms with van der Waals surface area (Å²) in [6.45, 7) is 5.40. The monoisotopic (exact) mass is 306 g/mol. The van der Waals surface area contributed by atoms with Crippen LogP contribution < -0.4 is 10.1 Å². The van der Waals surface area contributed by atoms with Gasteiger partial charge < -0.3 is 15.2 Å². The molecule has 2 N–H and O–H groups in total. The Labute approximate surface area is 132 Å². The molecule has 0 aliphatic carbocycles. The van der Waals surface area contributed by atoms with E-state index < -0.39 is 0 Å². The molecule has 0 radical (unpaired) electrons. The van der Waals surface area contributed by atoms with Crippen molar-refractivity contribution >= 4 is 5.91 Å². The maximum atomic E-state index is 12.5. The lowest BCUT2D eigenvalue weighted by Gasteiger charge is -2.34. The number of hydrogen-bond acceptors (Lipinski definition) is 4. The number of rotatable bonds is 5. The number of carbonyl (C=O) groups excluding carboxylic acids is 1. The molecule has 5 heteroatoms. The summed E-state index contributed by atoms with van der Waals surface area (Å²) < 4.78 is 5.35. The lowest BCUT2D eigenvalue weighted by atomic mass is 10.0. The van der Waals surface area contributed by atoms with Crippen LogP contribution in [0, 0.1) is 0 Å². The Hall–Kier alpha value is -1.59. The van der Waals surface area contributed by atoms with E-state index in [0.29, 0.717) is 0 Å². The van der Waals surface area contributed by atoms with E-state index in [2.05, 4.69) is 10.2 Å². The van der Waals surface area contributed by atoms with Crippen molar-refractivity contribution in [3.8, 4) is 5.75 Å². The van der Waals surface area contributed by atoms with Crippen LogP contribution in [0.5, 0.6) is 5.75 Å². The number of para-hydroxylation sites is 1. The van der Waals surface area contributed by atoms with Crippen molar-refractivity contribution in [2.45, 2.75) is 44.9 Å². The number of hydrogen-bond donors (Lipinski definition) is 2. The highest BCUT2D eigenvalue weighted by atomic mass is 16.5. The number of carbonyl (C=O) groups is 1. The van der Waals surface area contributed by atoms with Crippen LogP contribution >= 0.6 is 0 Å². The first kappa shape index (κ1) is 16.8. The molecular formula is C17H26N2O3. The van der Waals surface area contributed by atoms with Crippen LogP contribution in [0.25, 0.3) is 0 Å². The Balaban J connectivity index is 1.95. The fourth-order valence-electron chi connectivity index (χ4n) is 2.87. The minimum Gasteiger partial charge on any atom is -0.496 e. The summed E-state index contributed by atoms with van der Waals surface area (Å²) >= 11 is 0. The zero-order chi connectivity index (χ0) is 16.1. The van der Waals surface area contributed by atoms with Gasteiger partial charge in [-0.25, -0.2) is 0 Å². The van der Waals surface area contributed by atoms with Gasteiger partial charge in [0.15, 0.2) is 0 Å². The molecule has 0 saturated carbocycles. The van der Waals surface area contributed by atoms with E-state index in [1.54, 1.807) is 7.11 Å². The average Bonchev–Trinajstić information content (AvgIpc) is 2.54. The number of nitrogens with one attached hydrogen (secondary N) is 1. The largest absolute Gasteiger partial charge is 0.496 e. The first-order valence-electron chi connectivity index (χ1n) is 7.88. The fourth-order valence-corrected chi connectivity index (χ4v) is 2.87. The predicted octanol–water partition coefficient (Wildman–Crippen LogP) is 1.72. The van der Waals surface area contributed by atoms with Crippen LogP contribution in [0.3, 0.4) is 0 Å². The van der Waals surface area contributed by atoms with E-state index in [1.807, 2.05) is 38.1 Å². The number of likely N-dealkylation sites (tertiary alicyclic amines) is 1. The molecule has 22 heavy (non-hydrogen) atoms. The third kappa shape index (κ3) is 3.99. The molecule has 1 heterocycles. The van der Waals surface area contributed by atoms with Crippen molar-refractivity contribution in [3.05, 3.63) is 29.8 Å². The highest BCUT2D eigenvalue weighted by Crippen LogP contribution is 2.24. The van der Waals surface area contributed by atoms with E-state index in [1.165, 1.54) is 0 Å². The molecule has 2 rings (SSSR count). The molecule has 1 aliphatic rings. The van der Waals surface area contributed by atoms with Crippen LogP contribution in [0.4, 0.5) is 0 Å². The van der Waals surface area contributed by atoms with E-state index >= 15 is 0 Å². The van der Waals surface area contributed by atoms with Gasteiger partial charge >= 0.3 is 0 Å². The molecule has 0 bridgehead atoms. The number of aliphatic hydroxyl groups is 1. The lowest BCUT2D eigenvalue weighted by molar-refractivity contribution is -0.127. The van der Waals surface area contributed by atoms with Gasteiger partial charge in [-0.05, 0) is 32.8 Å². The van der Waals surface area contributed by atoms with Crippen molar-refractivity contribution < 1.29 is 14.6 Å². The molecule has 2 unspecified atom stereocenters. The minimum atomic E-state index is -0.223. The number of ether oxygens (including phenoxy) is 1. The fraction of sp³-hybridized carbons (Fsp3) is 0.588. The second-order valence-corrected chi connectivity index (χ2v) is 5.92. The van der Waals surface area contributed by atoms with E-state index in [9.17, 15) is 9.90 Å². The Morgan fingerprint density at radius 2 is 1.95 bits per heavy atom. The molecule has 0 spiro atoms. The third-order valence-corrected chi connectivity index (χ3v) is 4.39. The lowest BCUT2D eigenvalue weighted by Crippen LogP contribution is -2.49. The van der Waals surface area contributed by atoms with Crippen molar-refractivity contribution in [1.82, 2.24) is 10.2 Å². The molecule has 122 valence electrons. The Morgan fingerprint density at radius 3 is 2.59 bits per heavy atom. The van der Waals surface area contributed by atoms with Crippen molar-refractivity contribution in [3.63, 3.8) is 0 Å². The van der Waals surface area contributed by atoms with Crippen LogP contribution in [-0.4, -0.2) is 48.3 Å². The molecule has 0 aromatic heterocycles. The summed E-state index contributed by atoms with van der Waals surface area (Å²) in [6.07, 6.45) is 1.25. The van der Waals surface area contributed by atoms with E-state index in [0.717, 1.165) is 37.2 Å². The van der Waals surface area contributed by atoms with Gasteiger partial charge in [0.1, 0.15) is 5.75 Å². The summed E-state index contributed by atoms with van der Waals surface area (Å²) in [6, 6.07) is 7.42. The van der Waals surface area contributed by atoms with Gasteiger partial charge in [0.2, 0.25) is 5.91 Å². The highest BCUT2D eigenvalue weighted by molar-refractivity contribution is 5.81.